The first-order valence-electron chi connectivity index (χ1n) is 9.81. The molecule has 0 aliphatic carbocycles. The van der Waals surface area contributed by atoms with E-state index in [9.17, 15) is 18.8 Å². The molecule has 2 aromatic carbocycles. The first-order valence-corrected chi connectivity index (χ1v) is 10.2. The van der Waals surface area contributed by atoms with Crippen LogP contribution in [0.2, 0.25) is 5.02 Å². The van der Waals surface area contributed by atoms with Crippen LogP contribution in [0.25, 0.3) is 0 Å². The van der Waals surface area contributed by atoms with Crippen molar-refractivity contribution in [1.29, 1.82) is 0 Å². The van der Waals surface area contributed by atoms with Gasteiger partial charge in [-0.25, -0.2) is 4.39 Å². The molecule has 1 saturated heterocycles. The van der Waals surface area contributed by atoms with Crippen molar-refractivity contribution in [2.24, 2.45) is 5.92 Å². The van der Waals surface area contributed by atoms with Crippen LogP contribution in [0, 0.1) is 11.7 Å². The minimum atomic E-state index is -0.827. The van der Waals surface area contributed by atoms with E-state index in [0.29, 0.717) is 36.3 Å². The molecule has 0 spiro atoms. The van der Waals surface area contributed by atoms with E-state index in [1.165, 1.54) is 17.0 Å². The molecule has 0 saturated carbocycles. The summed E-state index contributed by atoms with van der Waals surface area (Å²) in [7, 11) is 0. The lowest BCUT2D eigenvalue weighted by atomic mass is 10.1. The lowest BCUT2D eigenvalue weighted by Gasteiger charge is -2.18. The Hall–Kier alpha value is -2.93. The van der Waals surface area contributed by atoms with Crippen molar-refractivity contribution in [1.82, 2.24) is 10.6 Å². The third-order valence-electron chi connectivity index (χ3n) is 4.87. The molecule has 1 fully saturated rings. The monoisotopic (exact) mass is 431 g/mol. The molecule has 1 atom stereocenters. The highest BCUT2D eigenvalue weighted by Crippen LogP contribution is 2.26. The average Bonchev–Trinajstić information content (AvgIpc) is 3.11. The molecule has 0 aromatic heterocycles. The number of nitrogens with zero attached hydrogens (tertiary/aromatic N) is 1. The number of halogens is 2. The van der Waals surface area contributed by atoms with Crippen LogP contribution < -0.4 is 15.5 Å². The molecule has 2 aromatic rings. The van der Waals surface area contributed by atoms with Gasteiger partial charge in [0.25, 0.3) is 5.91 Å². The van der Waals surface area contributed by atoms with Gasteiger partial charge in [0.05, 0.1) is 0 Å². The number of benzene rings is 2. The van der Waals surface area contributed by atoms with Gasteiger partial charge in [-0.1, -0.05) is 24.6 Å². The maximum absolute atomic E-state index is 13.4. The number of carbonyl (C=O) groups is 3. The van der Waals surface area contributed by atoms with Crippen LogP contribution in [0.15, 0.2) is 42.5 Å². The molecule has 1 aliphatic heterocycles. The molecule has 3 rings (SSSR count). The topological polar surface area (TPSA) is 78.5 Å². The Morgan fingerprint density at radius 2 is 2.00 bits per heavy atom. The van der Waals surface area contributed by atoms with Crippen LogP contribution in [0.5, 0.6) is 0 Å². The van der Waals surface area contributed by atoms with E-state index in [-0.39, 0.29) is 23.4 Å². The van der Waals surface area contributed by atoms with Crippen molar-refractivity contribution in [3.63, 3.8) is 0 Å². The van der Waals surface area contributed by atoms with Crippen LogP contribution in [0.3, 0.4) is 0 Å². The highest BCUT2D eigenvalue weighted by molar-refractivity contribution is 6.30. The standard InChI is InChI=1S/C22H23ClFN3O3/c1-2-7-25-20(28)15-4-3-5-18(11-15)27-8-6-19(22(27)30)21(29)26-13-14-9-16(23)12-17(24)10-14/h3-5,9-12,19H,2,6-8,13H2,1H3,(H,25,28)(H,26,29). The van der Waals surface area contributed by atoms with Crippen molar-refractivity contribution < 1.29 is 18.8 Å². The number of nitrogens with one attached hydrogen (secondary N) is 2. The minimum Gasteiger partial charge on any atom is -0.352 e. The van der Waals surface area contributed by atoms with Crippen molar-refractivity contribution in [2.75, 3.05) is 18.0 Å². The molecule has 2 N–H and O–H groups in total. The predicted molar refractivity (Wildman–Crippen MR) is 113 cm³/mol. The van der Waals surface area contributed by atoms with Crippen molar-refractivity contribution >= 4 is 35.0 Å². The van der Waals surface area contributed by atoms with Crippen LogP contribution in [-0.4, -0.2) is 30.8 Å². The van der Waals surface area contributed by atoms with E-state index < -0.39 is 17.6 Å². The molecule has 30 heavy (non-hydrogen) atoms. The quantitative estimate of drug-likeness (QED) is 0.660. The SMILES string of the molecule is CCCNC(=O)c1cccc(N2CCC(C(=O)NCc3cc(F)cc(Cl)c3)C2=O)c1. The molecule has 1 unspecified atom stereocenters. The summed E-state index contributed by atoms with van der Waals surface area (Å²) in [6.07, 6.45) is 1.19. The Balaban J connectivity index is 1.64. The van der Waals surface area contributed by atoms with Gasteiger partial charge in [-0.2, -0.15) is 0 Å². The molecular weight excluding hydrogens is 409 g/mol. The van der Waals surface area contributed by atoms with Gasteiger partial charge in [0.15, 0.2) is 0 Å². The van der Waals surface area contributed by atoms with E-state index in [2.05, 4.69) is 10.6 Å². The second-order valence-corrected chi connectivity index (χ2v) is 7.57. The summed E-state index contributed by atoms with van der Waals surface area (Å²) in [6.45, 7) is 2.99. The molecule has 0 radical (unpaired) electrons. The van der Waals surface area contributed by atoms with Crippen molar-refractivity contribution in [2.45, 2.75) is 26.3 Å². The predicted octanol–water partition coefficient (Wildman–Crippen LogP) is 3.29. The van der Waals surface area contributed by atoms with Crippen molar-refractivity contribution in [3.05, 3.63) is 64.4 Å². The van der Waals surface area contributed by atoms with Gasteiger partial charge in [-0.15, -0.1) is 0 Å². The van der Waals surface area contributed by atoms with Gasteiger partial charge < -0.3 is 15.5 Å². The Morgan fingerprint density at radius 3 is 2.73 bits per heavy atom. The van der Waals surface area contributed by atoms with Gasteiger partial charge in [0, 0.05) is 35.9 Å². The maximum Gasteiger partial charge on any atom is 0.251 e. The first-order chi connectivity index (χ1) is 14.4. The van der Waals surface area contributed by atoms with E-state index >= 15 is 0 Å². The Bertz CT molecular complexity index is 946. The number of carbonyl (C=O) groups excluding carboxylic acids is 3. The summed E-state index contributed by atoms with van der Waals surface area (Å²) < 4.78 is 13.4. The number of anilines is 1. The van der Waals surface area contributed by atoms with Gasteiger partial charge in [-0.05, 0) is 54.8 Å². The largest absolute Gasteiger partial charge is 0.352 e. The Morgan fingerprint density at radius 1 is 1.20 bits per heavy atom. The van der Waals surface area contributed by atoms with Crippen LogP contribution >= 0.6 is 11.6 Å². The van der Waals surface area contributed by atoms with E-state index in [4.69, 9.17) is 11.6 Å². The summed E-state index contributed by atoms with van der Waals surface area (Å²) >= 11 is 5.82. The van der Waals surface area contributed by atoms with Crippen LogP contribution in [0.4, 0.5) is 10.1 Å². The summed E-state index contributed by atoms with van der Waals surface area (Å²) in [5, 5.41) is 5.72. The van der Waals surface area contributed by atoms with Gasteiger partial charge in [-0.3, -0.25) is 14.4 Å². The van der Waals surface area contributed by atoms with E-state index in [1.54, 1.807) is 30.3 Å². The summed E-state index contributed by atoms with van der Waals surface area (Å²) in [5.74, 6) is -2.26. The Kier molecular flexibility index (Phi) is 7.05. The lowest BCUT2D eigenvalue weighted by molar-refractivity contribution is -0.132. The summed E-state index contributed by atoms with van der Waals surface area (Å²) in [4.78, 5) is 39.0. The molecule has 158 valence electrons. The molecule has 1 aliphatic rings. The zero-order valence-electron chi connectivity index (χ0n) is 16.6. The summed E-state index contributed by atoms with van der Waals surface area (Å²) in [6, 6.07) is 10.8. The minimum absolute atomic E-state index is 0.0766. The van der Waals surface area contributed by atoms with Crippen LogP contribution in [0.1, 0.15) is 35.7 Å². The smallest absolute Gasteiger partial charge is 0.251 e. The molecule has 8 heteroatoms. The van der Waals surface area contributed by atoms with Gasteiger partial charge in [0.1, 0.15) is 11.7 Å². The fourth-order valence-corrected chi connectivity index (χ4v) is 3.60. The van der Waals surface area contributed by atoms with E-state index in [1.807, 2.05) is 6.92 Å². The zero-order chi connectivity index (χ0) is 21.7. The fraction of sp³-hybridized carbons (Fsp3) is 0.318. The number of rotatable bonds is 7. The third kappa shape index (κ3) is 5.16. The normalized spacial score (nSPS) is 15.9. The Labute approximate surface area is 179 Å². The second-order valence-electron chi connectivity index (χ2n) is 7.13. The number of hydrogen-bond acceptors (Lipinski definition) is 3. The maximum atomic E-state index is 13.4. The first kappa shape index (κ1) is 21.8. The molecule has 1 heterocycles. The van der Waals surface area contributed by atoms with Gasteiger partial charge in [0.2, 0.25) is 11.8 Å². The summed E-state index contributed by atoms with van der Waals surface area (Å²) in [5.41, 5.74) is 1.56. The van der Waals surface area contributed by atoms with Crippen LogP contribution in [-0.2, 0) is 16.1 Å². The molecule has 3 amide bonds. The number of hydrogen-bond donors (Lipinski definition) is 2. The highest BCUT2D eigenvalue weighted by Gasteiger charge is 2.37. The van der Waals surface area contributed by atoms with Gasteiger partial charge >= 0.3 is 0 Å². The lowest BCUT2D eigenvalue weighted by Crippen LogP contribution is -2.36. The fourth-order valence-electron chi connectivity index (χ4n) is 3.36. The molecule has 0 bridgehead atoms. The number of amides is 3. The van der Waals surface area contributed by atoms with E-state index in [0.717, 1.165) is 6.42 Å². The zero-order valence-corrected chi connectivity index (χ0v) is 17.3. The second kappa shape index (κ2) is 9.71. The molecular formula is C22H23ClFN3O3. The van der Waals surface area contributed by atoms with Crippen molar-refractivity contribution in [3.8, 4) is 0 Å². The average molecular weight is 432 g/mol. The highest BCUT2D eigenvalue weighted by atomic mass is 35.5. The third-order valence-corrected chi connectivity index (χ3v) is 5.08. The molecule has 6 nitrogen and oxygen atoms in total.